The second-order valence-corrected chi connectivity index (χ2v) is 5.20. The van der Waals surface area contributed by atoms with Gasteiger partial charge in [-0.25, -0.2) is 0 Å². The molecule has 0 radical (unpaired) electrons. The van der Waals surface area contributed by atoms with Gasteiger partial charge in [0.25, 0.3) is 0 Å². The molecule has 17 heavy (non-hydrogen) atoms. The van der Waals surface area contributed by atoms with Crippen LogP contribution in [0.3, 0.4) is 0 Å². The lowest BCUT2D eigenvalue weighted by Gasteiger charge is -2.35. The van der Waals surface area contributed by atoms with Crippen molar-refractivity contribution in [1.82, 2.24) is 4.90 Å². The summed E-state index contributed by atoms with van der Waals surface area (Å²) in [6.45, 7) is 2.41. The second kappa shape index (κ2) is 6.39. The molecule has 1 aromatic rings. The Labute approximate surface area is 108 Å². The number of piperidine rings is 1. The second-order valence-electron chi connectivity index (χ2n) is 4.76. The molecule has 1 unspecified atom stereocenters. The molecule has 1 heterocycles. The van der Waals surface area contributed by atoms with Gasteiger partial charge in [-0.3, -0.25) is 4.90 Å². The van der Waals surface area contributed by atoms with Gasteiger partial charge < -0.3 is 5.11 Å². The van der Waals surface area contributed by atoms with Crippen molar-refractivity contribution >= 4 is 11.6 Å². The molecule has 0 amide bonds. The minimum absolute atomic E-state index is 0.293. The fourth-order valence-corrected chi connectivity index (χ4v) is 2.69. The van der Waals surface area contributed by atoms with Gasteiger partial charge in [0.1, 0.15) is 0 Å². The van der Waals surface area contributed by atoms with Crippen molar-refractivity contribution in [2.75, 3.05) is 13.2 Å². The number of aliphatic hydroxyl groups excluding tert-OH is 1. The summed E-state index contributed by atoms with van der Waals surface area (Å²) in [5, 5.41) is 9.89. The maximum Gasteiger partial charge on any atom is 0.0445 e. The van der Waals surface area contributed by atoms with Crippen LogP contribution >= 0.6 is 11.6 Å². The summed E-state index contributed by atoms with van der Waals surface area (Å²) in [6.07, 6.45) is 4.68. The summed E-state index contributed by atoms with van der Waals surface area (Å²) in [6, 6.07) is 8.62. The Morgan fingerprint density at radius 3 is 2.71 bits per heavy atom. The van der Waals surface area contributed by atoms with Gasteiger partial charge in [0.2, 0.25) is 0 Å². The first kappa shape index (κ1) is 12.9. The number of benzene rings is 1. The molecule has 1 N–H and O–H groups in total. The van der Waals surface area contributed by atoms with E-state index in [4.69, 9.17) is 16.7 Å². The first-order valence-electron chi connectivity index (χ1n) is 6.39. The average molecular weight is 254 g/mol. The third-order valence-electron chi connectivity index (χ3n) is 3.51. The molecule has 1 atom stereocenters. The lowest BCUT2D eigenvalue weighted by atomic mass is 9.99. The summed E-state index contributed by atoms with van der Waals surface area (Å²) >= 11 is 5.89. The zero-order chi connectivity index (χ0) is 12.1. The molecule has 2 rings (SSSR count). The number of likely N-dealkylation sites (tertiary alicyclic amines) is 1. The van der Waals surface area contributed by atoms with E-state index in [1.165, 1.54) is 24.8 Å². The van der Waals surface area contributed by atoms with Gasteiger partial charge in [0.15, 0.2) is 0 Å². The number of rotatable bonds is 4. The molecule has 1 fully saturated rings. The fourth-order valence-electron chi connectivity index (χ4n) is 2.57. The Morgan fingerprint density at radius 2 is 2.00 bits per heavy atom. The van der Waals surface area contributed by atoms with E-state index >= 15 is 0 Å². The van der Waals surface area contributed by atoms with Crippen LogP contribution in [0.2, 0.25) is 5.02 Å². The SMILES string of the molecule is OCCC1CCCCN1Cc1ccc(Cl)cc1. The summed E-state index contributed by atoms with van der Waals surface area (Å²) < 4.78 is 0. The first-order chi connectivity index (χ1) is 8.29. The number of hydrogen-bond donors (Lipinski definition) is 1. The van der Waals surface area contributed by atoms with Crippen molar-refractivity contribution in [2.24, 2.45) is 0 Å². The van der Waals surface area contributed by atoms with Gasteiger partial charge in [-0.2, -0.15) is 0 Å². The van der Waals surface area contributed by atoms with Crippen molar-refractivity contribution in [3.63, 3.8) is 0 Å². The van der Waals surface area contributed by atoms with Crippen LogP contribution in [0.5, 0.6) is 0 Å². The number of halogens is 1. The minimum atomic E-state index is 0.293. The summed E-state index contributed by atoms with van der Waals surface area (Å²) in [4.78, 5) is 2.49. The van der Waals surface area contributed by atoms with E-state index in [1.54, 1.807) is 0 Å². The first-order valence-corrected chi connectivity index (χ1v) is 6.77. The number of aliphatic hydroxyl groups is 1. The van der Waals surface area contributed by atoms with Crippen LogP contribution in [0.1, 0.15) is 31.2 Å². The van der Waals surface area contributed by atoms with Crippen LogP contribution < -0.4 is 0 Å². The standard InChI is InChI=1S/C14H20ClNO/c15-13-6-4-12(5-7-13)11-16-9-2-1-3-14(16)8-10-17/h4-7,14,17H,1-3,8-11H2. The zero-order valence-electron chi connectivity index (χ0n) is 10.1. The number of hydrogen-bond acceptors (Lipinski definition) is 2. The lowest BCUT2D eigenvalue weighted by molar-refractivity contribution is 0.112. The van der Waals surface area contributed by atoms with Crippen LogP contribution in [0.25, 0.3) is 0 Å². The molecule has 2 nitrogen and oxygen atoms in total. The molecule has 0 bridgehead atoms. The Balaban J connectivity index is 1.97. The smallest absolute Gasteiger partial charge is 0.0445 e. The Morgan fingerprint density at radius 1 is 1.24 bits per heavy atom. The Bertz CT molecular complexity index is 337. The molecule has 1 saturated heterocycles. The molecule has 1 aromatic carbocycles. The monoisotopic (exact) mass is 253 g/mol. The van der Waals surface area contributed by atoms with Crippen molar-refractivity contribution in [3.8, 4) is 0 Å². The highest BCUT2D eigenvalue weighted by atomic mass is 35.5. The third-order valence-corrected chi connectivity index (χ3v) is 3.76. The quantitative estimate of drug-likeness (QED) is 0.892. The van der Waals surface area contributed by atoms with Crippen LogP contribution in [0.15, 0.2) is 24.3 Å². The average Bonchev–Trinajstić information content (AvgIpc) is 2.35. The molecule has 1 aliphatic heterocycles. The van der Waals surface area contributed by atoms with Crippen molar-refractivity contribution in [2.45, 2.75) is 38.3 Å². The molecule has 0 saturated carbocycles. The van der Waals surface area contributed by atoms with E-state index in [-0.39, 0.29) is 0 Å². The lowest BCUT2D eigenvalue weighted by Crippen LogP contribution is -2.39. The molecular weight excluding hydrogens is 234 g/mol. The van der Waals surface area contributed by atoms with Gasteiger partial charge in [-0.15, -0.1) is 0 Å². The zero-order valence-corrected chi connectivity index (χ0v) is 10.9. The molecule has 3 heteroatoms. The molecule has 1 aliphatic rings. The van der Waals surface area contributed by atoms with E-state index in [0.717, 1.165) is 24.5 Å². The minimum Gasteiger partial charge on any atom is -0.396 e. The highest BCUT2D eigenvalue weighted by Crippen LogP contribution is 2.22. The van der Waals surface area contributed by atoms with Crippen molar-refractivity contribution in [1.29, 1.82) is 0 Å². The van der Waals surface area contributed by atoms with Gasteiger partial charge in [-0.05, 0) is 43.5 Å². The Kier molecular flexibility index (Phi) is 4.84. The van der Waals surface area contributed by atoms with Crippen molar-refractivity contribution in [3.05, 3.63) is 34.9 Å². The van der Waals surface area contributed by atoms with Gasteiger partial charge in [0.05, 0.1) is 0 Å². The molecule has 0 spiro atoms. The predicted molar refractivity (Wildman–Crippen MR) is 71.2 cm³/mol. The summed E-state index contributed by atoms with van der Waals surface area (Å²) in [5.74, 6) is 0. The summed E-state index contributed by atoms with van der Waals surface area (Å²) in [5.41, 5.74) is 1.30. The fraction of sp³-hybridized carbons (Fsp3) is 0.571. The van der Waals surface area contributed by atoms with E-state index in [0.29, 0.717) is 12.6 Å². The van der Waals surface area contributed by atoms with Crippen LogP contribution in [0.4, 0.5) is 0 Å². The van der Waals surface area contributed by atoms with Crippen LogP contribution in [-0.4, -0.2) is 29.2 Å². The normalized spacial score (nSPS) is 21.6. The van der Waals surface area contributed by atoms with E-state index in [2.05, 4.69) is 17.0 Å². The molecular formula is C14H20ClNO. The van der Waals surface area contributed by atoms with Gasteiger partial charge in [-0.1, -0.05) is 30.2 Å². The maximum atomic E-state index is 9.09. The van der Waals surface area contributed by atoms with Crippen LogP contribution in [-0.2, 0) is 6.54 Å². The predicted octanol–water partition coefficient (Wildman–Crippen LogP) is 3.08. The van der Waals surface area contributed by atoms with Gasteiger partial charge in [0, 0.05) is 24.2 Å². The highest BCUT2D eigenvalue weighted by molar-refractivity contribution is 6.30. The number of nitrogens with zero attached hydrogens (tertiary/aromatic N) is 1. The van der Waals surface area contributed by atoms with Crippen molar-refractivity contribution < 1.29 is 5.11 Å². The largest absolute Gasteiger partial charge is 0.396 e. The maximum absolute atomic E-state index is 9.09. The van der Waals surface area contributed by atoms with E-state index in [1.807, 2.05) is 12.1 Å². The topological polar surface area (TPSA) is 23.5 Å². The van der Waals surface area contributed by atoms with E-state index in [9.17, 15) is 0 Å². The summed E-state index contributed by atoms with van der Waals surface area (Å²) in [7, 11) is 0. The molecule has 94 valence electrons. The Hall–Kier alpha value is -0.570. The highest BCUT2D eigenvalue weighted by Gasteiger charge is 2.21. The molecule has 0 aliphatic carbocycles. The van der Waals surface area contributed by atoms with Crippen LogP contribution in [0, 0.1) is 0 Å². The van der Waals surface area contributed by atoms with Gasteiger partial charge >= 0.3 is 0 Å². The van der Waals surface area contributed by atoms with E-state index < -0.39 is 0 Å². The third kappa shape index (κ3) is 3.70. The molecule has 0 aromatic heterocycles.